The van der Waals surface area contributed by atoms with E-state index in [9.17, 15) is 4.79 Å². The molecule has 2 aromatic rings. The molecule has 0 saturated heterocycles. The first kappa shape index (κ1) is 14.3. The Labute approximate surface area is 118 Å². The number of para-hydroxylation sites is 1. The highest BCUT2D eigenvalue weighted by atomic mass is 16.5. The average Bonchev–Trinajstić information content (AvgIpc) is 2.48. The molecule has 0 bridgehead atoms. The lowest BCUT2D eigenvalue weighted by atomic mass is 10.0. The van der Waals surface area contributed by atoms with Crippen molar-refractivity contribution in [3.8, 4) is 17.0 Å². The molecule has 0 aliphatic heterocycles. The van der Waals surface area contributed by atoms with E-state index in [2.05, 4.69) is 23.8 Å². The number of benzene rings is 1. The highest BCUT2D eigenvalue weighted by Gasteiger charge is 2.14. The lowest BCUT2D eigenvalue weighted by molar-refractivity contribution is 0.318. The third-order valence-corrected chi connectivity index (χ3v) is 3.05. The van der Waals surface area contributed by atoms with Crippen LogP contribution in [-0.4, -0.2) is 16.6 Å². The van der Waals surface area contributed by atoms with Gasteiger partial charge in [0.15, 0.2) is 0 Å². The van der Waals surface area contributed by atoms with Crippen LogP contribution in [0.4, 0.5) is 0 Å². The van der Waals surface area contributed by atoms with Crippen LogP contribution >= 0.6 is 0 Å². The quantitative estimate of drug-likeness (QED) is 0.878. The Morgan fingerprint density at radius 2 is 2.00 bits per heavy atom. The molecule has 0 fully saturated rings. The highest BCUT2D eigenvalue weighted by molar-refractivity contribution is 5.69. The fraction of sp³-hybridized carbons (Fsp3) is 0.375. The number of aromatic amines is 1. The van der Waals surface area contributed by atoms with E-state index in [4.69, 9.17) is 4.74 Å². The van der Waals surface area contributed by atoms with E-state index in [1.165, 1.54) is 6.33 Å². The summed E-state index contributed by atoms with van der Waals surface area (Å²) in [5.41, 5.74) is 2.27. The molecule has 0 unspecified atom stereocenters. The summed E-state index contributed by atoms with van der Waals surface area (Å²) in [7, 11) is 0. The predicted molar refractivity (Wildman–Crippen MR) is 80.1 cm³/mol. The molecule has 0 radical (unpaired) electrons. The summed E-state index contributed by atoms with van der Waals surface area (Å²) in [6.45, 7) is 4.77. The summed E-state index contributed by atoms with van der Waals surface area (Å²) in [6.07, 6.45) is 4.01. The van der Waals surface area contributed by atoms with Crippen LogP contribution < -0.4 is 10.3 Å². The van der Waals surface area contributed by atoms with Gasteiger partial charge in [0, 0.05) is 11.1 Å². The van der Waals surface area contributed by atoms with E-state index < -0.39 is 0 Å². The number of aromatic nitrogens is 2. The summed E-state index contributed by atoms with van der Waals surface area (Å²) in [6, 6.07) is 7.74. The lowest BCUT2D eigenvalue weighted by Gasteiger charge is -2.12. The maximum absolute atomic E-state index is 12.0. The Balaban J connectivity index is 2.51. The van der Waals surface area contributed by atoms with Gasteiger partial charge in [0.05, 0.1) is 18.6 Å². The van der Waals surface area contributed by atoms with Crippen molar-refractivity contribution in [3.63, 3.8) is 0 Å². The van der Waals surface area contributed by atoms with Crippen molar-refractivity contribution >= 4 is 0 Å². The summed E-state index contributed by atoms with van der Waals surface area (Å²) >= 11 is 0. The molecule has 2 rings (SSSR count). The summed E-state index contributed by atoms with van der Waals surface area (Å²) in [4.78, 5) is 19.0. The number of nitrogens with one attached hydrogen (secondary N) is 1. The van der Waals surface area contributed by atoms with Crippen molar-refractivity contribution in [2.75, 3.05) is 6.61 Å². The van der Waals surface area contributed by atoms with Crippen LogP contribution in [0, 0.1) is 0 Å². The van der Waals surface area contributed by atoms with E-state index in [1.807, 2.05) is 24.3 Å². The van der Waals surface area contributed by atoms with Gasteiger partial charge in [-0.3, -0.25) is 4.79 Å². The topological polar surface area (TPSA) is 55.0 Å². The van der Waals surface area contributed by atoms with Gasteiger partial charge in [-0.1, -0.05) is 32.4 Å². The minimum Gasteiger partial charge on any atom is -0.493 e. The summed E-state index contributed by atoms with van der Waals surface area (Å²) in [5.74, 6) is 0.782. The molecule has 1 N–H and O–H groups in total. The van der Waals surface area contributed by atoms with Gasteiger partial charge in [-0.25, -0.2) is 4.98 Å². The third-order valence-electron chi connectivity index (χ3n) is 3.05. The van der Waals surface area contributed by atoms with Crippen molar-refractivity contribution in [2.45, 2.75) is 33.1 Å². The predicted octanol–water partition coefficient (Wildman–Crippen LogP) is 3.18. The molecule has 0 amide bonds. The number of hydrogen-bond donors (Lipinski definition) is 1. The van der Waals surface area contributed by atoms with E-state index in [-0.39, 0.29) is 5.56 Å². The van der Waals surface area contributed by atoms with Gasteiger partial charge < -0.3 is 9.72 Å². The molecule has 1 aromatic heterocycles. The van der Waals surface area contributed by atoms with Crippen LogP contribution in [0.2, 0.25) is 0 Å². The minimum atomic E-state index is -0.0675. The molecular weight excluding hydrogens is 252 g/mol. The molecular formula is C16H20N2O2. The van der Waals surface area contributed by atoms with Gasteiger partial charge >= 0.3 is 0 Å². The minimum absolute atomic E-state index is 0.0675. The zero-order chi connectivity index (χ0) is 14.4. The molecule has 0 aliphatic carbocycles. The summed E-state index contributed by atoms with van der Waals surface area (Å²) < 4.78 is 5.76. The maximum Gasteiger partial charge on any atom is 0.254 e. The van der Waals surface area contributed by atoms with Crippen molar-refractivity contribution in [3.05, 3.63) is 46.5 Å². The molecule has 20 heavy (non-hydrogen) atoms. The molecule has 1 heterocycles. The molecule has 106 valence electrons. The maximum atomic E-state index is 12.0. The second-order valence-corrected chi connectivity index (χ2v) is 4.65. The number of hydrogen-bond acceptors (Lipinski definition) is 3. The zero-order valence-electron chi connectivity index (χ0n) is 12.0. The van der Waals surface area contributed by atoms with Gasteiger partial charge in [-0.05, 0) is 25.0 Å². The highest BCUT2D eigenvalue weighted by Crippen LogP contribution is 2.29. The van der Waals surface area contributed by atoms with E-state index in [1.54, 1.807) is 0 Å². The SMILES string of the molecule is CCCOc1ccccc1-c1nc[nH]c(=O)c1CCC. The van der Waals surface area contributed by atoms with E-state index in [0.717, 1.165) is 35.4 Å². The van der Waals surface area contributed by atoms with Gasteiger partial charge in [0.25, 0.3) is 5.56 Å². The molecule has 4 nitrogen and oxygen atoms in total. The number of ether oxygens (including phenoxy) is 1. The van der Waals surface area contributed by atoms with Crippen molar-refractivity contribution in [2.24, 2.45) is 0 Å². The molecule has 0 atom stereocenters. The standard InChI is InChI=1S/C16H20N2O2/c1-3-7-13-15(17-11-18-16(13)19)12-8-5-6-9-14(12)20-10-4-2/h5-6,8-9,11H,3-4,7,10H2,1-2H3,(H,17,18,19). The van der Waals surface area contributed by atoms with Crippen molar-refractivity contribution in [1.82, 2.24) is 9.97 Å². The van der Waals surface area contributed by atoms with Crippen molar-refractivity contribution in [1.29, 1.82) is 0 Å². The Morgan fingerprint density at radius 1 is 1.20 bits per heavy atom. The second-order valence-electron chi connectivity index (χ2n) is 4.65. The smallest absolute Gasteiger partial charge is 0.254 e. The summed E-state index contributed by atoms with van der Waals surface area (Å²) in [5, 5.41) is 0. The first-order chi connectivity index (χ1) is 9.77. The lowest BCUT2D eigenvalue weighted by Crippen LogP contribution is -2.15. The fourth-order valence-electron chi connectivity index (χ4n) is 2.14. The molecule has 4 heteroatoms. The Hall–Kier alpha value is -2.10. The zero-order valence-corrected chi connectivity index (χ0v) is 12.0. The first-order valence-electron chi connectivity index (χ1n) is 7.06. The average molecular weight is 272 g/mol. The monoisotopic (exact) mass is 272 g/mol. The second kappa shape index (κ2) is 6.89. The molecule has 0 aliphatic rings. The first-order valence-corrected chi connectivity index (χ1v) is 7.06. The van der Waals surface area contributed by atoms with Gasteiger partial charge in [0.2, 0.25) is 0 Å². The fourth-order valence-corrected chi connectivity index (χ4v) is 2.14. The molecule has 1 aromatic carbocycles. The van der Waals surface area contributed by atoms with E-state index >= 15 is 0 Å². The van der Waals surface area contributed by atoms with Crippen LogP contribution in [0.1, 0.15) is 32.3 Å². The number of H-pyrrole nitrogens is 1. The number of nitrogens with zero attached hydrogens (tertiary/aromatic N) is 1. The van der Waals surface area contributed by atoms with Crippen molar-refractivity contribution < 1.29 is 4.74 Å². The van der Waals surface area contributed by atoms with E-state index in [0.29, 0.717) is 13.0 Å². The van der Waals surface area contributed by atoms with Gasteiger partial charge in [-0.15, -0.1) is 0 Å². The Morgan fingerprint density at radius 3 is 2.75 bits per heavy atom. The van der Waals surface area contributed by atoms with Gasteiger partial charge in [0.1, 0.15) is 5.75 Å². The largest absolute Gasteiger partial charge is 0.493 e. The van der Waals surface area contributed by atoms with Gasteiger partial charge in [-0.2, -0.15) is 0 Å². The van der Waals surface area contributed by atoms with Crippen LogP contribution in [0.3, 0.4) is 0 Å². The third kappa shape index (κ3) is 3.07. The van der Waals surface area contributed by atoms with Crippen LogP contribution in [0.25, 0.3) is 11.3 Å². The Bertz CT molecular complexity index is 620. The normalized spacial score (nSPS) is 10.5. The molecule has 0 spiro atoms. The number of rotatable bonds is 6. The molecule has 0 saturated carbocycles. The van der Waals surface area contributed by atoms with Crippen LogP contribution in [-0.2, 0) is 6.42 Å². The van der Waals surface area contributed by atoms with Crippen LogP contribution in [0.15, 0.2) is 35.4 Å². The van der Waals surface area contributed by atoms with Crippen LogP contribution in [0.5, 0.6) is 5.75 Å². The Kier molecular flexibility index (Phi) is 4.93.